The Morgan fingerprint density at radius 3 is 2.62 bits per heavy atom. The highest BCUT2D eigenvalue weighted by molar-refractivity contribution is 5.91. The molecule has 0 spiro atoms. The number of carbonyl (C=O) groups excluding carboxylic acids is 1. The van der Waals surface area contributed by atoms with Crippen LogP contribution in [0.15, 0.2) is 24.3 Å². The van der Waals surface area contributed by atoms with Crippen LogP contribution in [0.3, 0.4) is 0 Å². The van der Waals surface area contributed by atoms with E-state index in [1.165, 1.54) is 12.1 Å². The average Bonchev–Trinajstić information content (AvgIpc) is 2.52. The van der Waals surface area contributed by atoms with Gasteiger partial charge in [-0.05, 0) is 26.8 Å². The molecule has 1 aromatic rings. The molecule has 0 unspecified atom stereocenters. The molecule has 2 rings (SSSR count). The Balaban J connectivity index is 1.86. The van der Waals surface area contributed by atoms with Gasteiger partial charge in [0.2, 0.25) is 0 Å². The second-order valence-corrected chi connectivity index (χ2v) is 6.17. The number of benzene rings is 1. The Hall–Kier alpha value is -2.19. The molecule has 1 aliphatic rings. The van der Waals surface area contributed by atoms with Gasteiger partial charge in [-0.25, -0.2) is 4.79 Å². The first-order chi connectivity index (χ1) is 11.4. The molecule has 2 N–H and O–H groups in total. The molecule has 1 heterocycles. The first-order valence-electron chi connectivity index (χ1n) is 8.04. The number of nitrogens with zero attached hydrogens (tertiary/aromatic N) is 2. The molecule has 8 heteroatoms. The van der Waals surface area contributed by atoms with E-state index in [9.17, 15) is 14.9 Å². The van der Waals surface area contributed by atoms with E-state index in [0.29, 0.717) is 6.54 Å². The normalized spacial score (nSPS) is 22.6. The Morgan fingerprint density at radius 2 is 2.00 bits per heavy atom. The second-order valence-electron chi connectivity index (χ2n) is 6.17. The fourth-order valence-corrected chi connectivity index (χ4v) is 2.85. The van der Waals surface area contributed by atoms with Gasteiger partial charge in [0.25, 0.3) is 5.69 Å². The molecular weight excluding hydrogens is 312 g/mol. The molecule has 3 atom stereocenters. The van der Waals surface area contributed by atoms with Crippen LogP contribution in [0, 0.1) is 10.1 Å². The number of morpholine rings is 1. The van der Waals surface area contributed by atoms with Crippen LogP contribution in [0.4, 0.5) is 16.2 Å². The van der Waals surface area contributed by atoms with Crippen molar-refractivity contribution in [3.8, 4) is 0 Å². The largest absolute Gasteiger partial charge is 0.373 e. The number of urea groups is 1. The lowest BCUT2D eigenvalue weighted by Gasteiger charge is -2.38. The SMILES string of the molecule is C[C@@H]1CN([C@@H](C)CNC(=O)Nc2ccccc2[N+](=O)[O-])C[C@@H](C)O1. The molecule has 24 heavy (non-hydrogen) atoms. The predicted molar refractivity (Wildman–Crippen MR) is 91.2 cm³/mol. The highest BCUT2D eigenvalue weighted by Crippen LogP contribution is 2.22. The van der Waals surface area contributed by atoms with Gasteiger partial charge in [0, 0.05) is 31.7 Å². The van der Waals surface area contributed by atoms with Crippen LogP contribution in [0.5, 0.6) is 0 Å². The molecule has 1 saturated heterocycles. The van der Waals surface area contributed by atoms with Crippen LogP contribution in [0.1, 0.15) is 20.8 Å². The zero-order chi connectivity index (χ0) is 17.7. The van der Waals surface area contributed by atoms with Gasteiger partial charge in [-0.15, -0.1) is 0 Å². The Bertz CT molecular complexity index is 585. The molecule has 0 radical (unpaired) electrons. The van der Waals surface area contributed by atoms with Crippen LogP contribution in [-0.4, -0.2) is 53.7 Å². The molecule has 1 fully saturated rings. The van der Waals surface area contributed by atoms with E-state index in [4.69, 9.17) is 4.74 Å². The molecule has 0 bridgehead atoms. The van der Waals surface area contributed by atoms with Crippen LogP contribution in [-0.2, 0) is 4.74 Å². The van der Waals surface area contributed by atoms with Crippen molar-refractivity contribution >= 4 is 17.4 Å². The number of ether oxygens (including phenoxy) is 1. The smallest absolute Gasteiger partial charge is 0.319 e. The van der Waals surface area contributed by atoms with Crippen LogP contribution < -0.4 is 10.6 Å². The van der Waals surface area contributed by atoms with Crippen molar-refractivity contribution in [2.24, 2.45) is 0 Å². The van der Waals surface area contributed by atoms with Gasteiger partial charge in [0.1, 0.15) is 5.69 Å². The summed E-state index contributed by atoms with van der Waals surface area (Å²) in [5, 5.41) is 16.3. The number of nitro benzene ring substituents is 1. The maximum absolute atomic E-state index is 12.0. The van der Waals surface area contributed by atoms with Gasteiger partial charge in [-0.2, -0.15) is 0 Å². The maximum Gasteiger partial charge on any atom is 0.319 e. The van der Waals surface area contributed by atoms with Crippen molar-refractivity contribution < 1.29 is 14.5 Å². The molecule has 8 nitrogen and oxygen atoms in total. The first kappa shape index (κ1) is 18.2. The van der Waals surface area contributed by atoms with Crippen molar-refractivity contribution in [2.75, 3.05) is 25.0 Å². The molecule has 1 aromatic carbocycles. The quantitative estimate of drug-likeness (QED) is 0.635. The van der Waals surface area contributed by atoms with Crippen LogP contribution in [0.2, 0.25) is 0 Å². The minimum absolute atomic E-state index is 0.128. The Morgan fingerprint density at radius 1 is 1.38 bits per heavy atom. The monoisotopic (exact) mass is 336 g/mol. The summed E-state index contributed by atoms with van der Waals surface area (Å²) in [6.07, 6.45) is 0.328. The number of anilines is 1. The van der Waals surface area contributed by atoms with Crippen molar-refractivity contribution in [1.82, 2.24) is 10.2 Å². The predicted octanol–water partition coefficient (Wildman–Crippen LogP) is 2.21. The summed E-state index contributed by atoms with van der Waals surface area (Å²) in [6.45, 7) is 8.19. The third-order valence-electron chi connectivity index (χ3n) is 3.98. The zero-order valence-corrected chi connectivity index (χ0v) is 14.2. The first-order valence-corrected chi connectivity index (χ1v) is 8.04. The molecule has 0 aromatic heterocycles. The standard InChI is InChI=1S/C16H24N4O4/c1-11(19-9-12(2)24-13(3)10-19)8-17-16(21)18-14-6-4-5-7-15(14)20(22)23/h4-7,11-13H,8-10H2,1-3H3,(H2,17,18,21)/t11-,12+,13+/m0/s1. The third kappa shape index (κ3) is 4.90. The summed E-state index contributed by atoms with van der Waals surface area (Å²) in [5.74, 6) is 0. The van der Waals surface area contributed by atoms with Gasteiger partial charge in [0.15, 0.2) is 0 Å². The average molecular weight is 336 g/mol. The number of nitrogens with one attached hydrogen (secondary N) is 2. The van der Waals surface area contributed by atoms with E-state index in [2.05, 4.69) is 15.5 Å². The van der Waals surface area contributed by atoms with Gasteiger partial charge in [0.05, 0.1) is 17.1 Å². The topological polar surface area (TPSA) is 96.7 Å². The molecule has 2 amide bonds. The van der Waals surface area contributed by atoms with Gasteiger partial charge >= 0.3 is 6.03 Å². The molecule has 1 aliphatic heterocycles. The van der Waals surface area contributed by atoms with Crippen LogP contribution in [0.25, 0.3) is 0 Å². The fourth-order valence-electron chi connectivity index (χ4n) is 2.85. The Kier molecular flexibility index (Phi) is 6.10. The van der Waals surface area contributed by atoms with Gasteiger partial charge in [-0.1, -0.05) is 12.1 Å². The third-order valence-corrected chi connectivity index (χ3v) is 3.98. The maximum atomic E-state index is 12.0. The van der Waals surface area contributed by atoms with E-state index in [-0.39, 0.29) is 29.6 Å². The lowest BCUT2D eigenvalue weighted by molar-refractivity contribution is -0.383. The molecular formula is C16H24N4O4. The van der Waals surface area contributed by atoms with E-state index in [0.717, 1.165) is 13.1 Å². The molecule has 0 aliphatic carbocycles. The second kappa shape index (κ2) is 8.07. The lowest BCUT2D eigenvalue weighted by Crippen LogP contribution is -2.52. The van der Waals surface area contributed by atoms with Crippen LogP contribution >= 0.6 is 0 Å². The minimum atomic E-state index is -0.519. The number of hydrogen-bond acceptors (Lipinski definition) is 5. The molecule has 0 saturated carbocycles. The highest BCUT2D eigenvalue weighted by Gasteiger charge is 2.26. The lowest BCUT2D eigenvalue weighted by atomic mass is 10.2. The summed E-state index contributed by atoms with van der Waals surface area (Å²) in [4.78, 5) is 24.7. The van der Waals surface area contributed by atoms with Crippen molar-refractivity contribution in [3.63, 3.8) is 0 Å². The molecule has 132 valence electrons. The summed E-state index contributed by atoms with van der Waals surface area (Å²) in [5.41, 5.74) is 0.0535. The van der Waals surface area contributed by atoms with E-state index >= 15 is 0 Å². The zero-order valence-electron chi connectivity index (χ0n) is 14.2. The van der Waals surface area contributed by atoms with E-state index < -0.39 is 11.0 Å². The van der Waals surface area contributed by atoms with Gasteiger partial charge in [-0.3, -0.25) is 15.0 Å². The number of hydrogen-bond donors (Lipinski definition) is 2. The minimum Gasteiger partial charge on any atom is -0.373 e. The number of para-hydroxylation sites is 2. The summed E-state index contributed by atoms with van der Waals surface area (Å²) >= 11 is 0. The van der Waals surface area contributed by atoms with E-state index in [1.54, 1.807) is 12.1 Å². The summed E-state index contributed by atoms with van der Waals surface area (Å²) in [7, 11) is 0. The number of nitro groups is 1. The number of rotatable bonds is 5. The van der Waals surface area contributed by atoms with E-state index in [1.807, 2.05) is 20.8 Å². The van der Waals surface area contributed by atoms with Crippen molar-refractivity contribution in [3.05, 3.63) is 34.4 Å². The number of carbonyl (C=O) groups is 1. The van der Waals surface area contributed by atoms with Crippen molar-refractivity contribution in [2.45, 2.75) is 39.0 Å². The number of amides is 2. The van der Waals surface area contributed by atoms with Crippen molar-refractivity contribution in [1.29, 1.82) is 0 Å². The summed E-state index contributed by atoms with van der Waals surface area (Å²) < 4.78 is 5.70. The highest BCUT2D eigenvalue weighted by atomic mass is 16.6. The Labute approximate surface area is 141 Å². The summed E-state index contributed by atoms with van der Waals surface area (Å²) in [6, 6.07) is 5.76. The fraction of sp³-hybridized carbons (Fsp3) is 0.562. The van der Waals surface area contributed by atoms with Gasteiger partial charge < -0.3 is 15.4 Å².